The van der Waals surface area contributed by atoms with Gasteiger partial charge in [0.15, 0.2) is 0 Å². The summed E-state index contributed by atoms with van der Waals surface area (Å²) < 4.78 is 70.8. The average molecular weight is 448 g/mol. The van der Waals surface area contributed by atoms with Crippen molar-refractivity contribution >= 4 is 26.7 Å². The van der Waals surface area contributed by atoms with E-state index in [1.165, 1.54) is 18.5 Å². The van der Waals surface area contributed by atoms with Crippen LogP contribution < -0.4 is 9.46 Å². The van der Waals surface area contributed by atoms with Crippen LogP contribution in [-0.4, -0.2) is 30.0 Å². The summed E-state index contributed by atoms with van der Waals surface area (Å²) in [5, 5.41) is 0.637. The quantitative estimate of drug-likeness (QED) is 0.454. The van der Waals surface area contributed by atoms with Gasteiger partial charge in [-0.3, -0.25) is 4.72 Å². The average Bonchev–Trinajstić information content (AvgIpc) is 3.08. The third kappa shape index (κ3) is 4.31. The number of anilines is 1. The van der Waals surface area contributed by atoms with Crippen molar-refractivity contribution in [2.24, 2.45) is 0 Å². The number of nitrogens with one attached hydrogen (secondary N) is 2. The number of fused-ring (bicyclic) bond motifs is 1. The molecule has 160 valence electrons. The zero-order chi connectivity index (χ0) is 22.2. The van der Waals surface area contributed by atoms with Gasteiger partial charge in [0.1, 0.15) is 23.5 Å². The Hall–Kier alpha value is -3.60. The first-order valence-corrected chi connectivity index (χ1v) is 10.4. The van der Waals surface area contributed by atoms with Crippen molar-refractivity contribution in [3.05, 3.63) is 66.4 Å². The molecule has 11 heteroatoms. The van der Waals surface area contributed by atoms with Gasteiger partial charge in [-0.1, -0.05) is 0 Å². The Morgan fingerprint density at radius 3 is 2.48 bits per heavy atom. The van der Waals surface area contributed by atoms with E-state index < -0.39 is 22.5 Å². The van der Waals surface area contributed by atoms with Crippen LogP contribution in [0, 0.1) is 12.7 Å². The lowest BCUT2D eigenvalue weighted by molar-refractivity contribution is -0.0498. The number of aryl methyl sites for hydroxylation is 1. The van der Waals surface area contributed by atoms with E-state index in [9.17, 15) is 21.6 Å². The number of sulfonamides is 1. The zero-order valence-corrected chi connectivity index (χ0v) is 16.8. The van der Waals surface area contributed by atoms with E-state index in [4.69, 9.17) is 0 Å². The summed E-state index contributed by atoms with van der Waals surface area (Å²) in [6, 6.07) is 10.1. The highest BCUT2D eigenvalue weighted by Crippen LogP contribution is 2.30. The van der Waals surface area contributed by atoms with Gasteiger partial charge in [-0.15, -0.1) is 0 Å². The third-order valence-corrected chi connectivity index (χ3v) is 5.79. The summed E-state index contributed by atoms with van der Waals surface area (Å²) >= 11 is 0. The normalized spacial score (nSPS) is 11.8. The highest BCUT2D eigenvalue weighted by atomic mass is 32.2. The minimum absolute atomic E-state index is 0.00953. The molecule has 0 aliphatic rings. The number of nitrogens with zero attached hydrogens (tertiary/aromatic N) is 2. The van der Waals surface area contributed by atoms with E-state index in [-0.39, 0.29) is 21.9 Å². The Morgan fingerprint density at radius 2 is 1.81 bits per heavy atom. The topological polar surface area (TPSA) is 97.0 Å². The lowest BCUT2D eigenvalue weighted by Crippen LogP contribution is -2.13. The Labute approximate surface area is 175 Å². The fraction of sp³-hybridized carbons (Fsp3) is 0.100. The molecule has 0 saturated heterocycles. The fourth-order valence-corrected chi connectivity index (χ4v) is 4.12. The van der Waals surface area contributed by atoms with Gasteiger partial charge >= 0.3 is 6.61 Å². The van der Waals surface area contributed by atoms with Crippen molar-refractivity contribution in [3.8, 4) is 17.0 Å². The molecule has 2 N–H and O–H groups in total. The van der Waals surface area contributed by atoms with Gasteiger partial charge in [0.05, 0.1) is 16.3 Å². The second-order valence-electron chi connectivity index (χ2n) is 6.59. The molecule has 0 aliphatic carbocycles. The van der Waals surface area contributed by atoms with Crippen LogP contribution in [0.25, 0.3) is 22.3 Å². The zero-order valence-electron chi connectivity index (χ0n) is 15.9. The minimum atomic E-state index is -4.07. The Morgan fingerprint density at radius 1 is 1.06 bits per heavy atom. The van der Waals surface area contributed by atoms with E-state index in [0.29, 0.717) is 16.7 Å². The molecule has 4 rings (SSSR count). The number of benzene rings is 2. The van der Waals surface area contributed by atoms with E-state index in [1.807, 2.05) is 6.92 Å². The Bertz CT molecular complexity index is 1360. The first kappa shape index (κ1) is 20.7. The number of rotatable bonds is 6. The first-order chi connectivity index (χ1) is 14.7. The Kier molecular flexibility index (Phi) is 5.27. The van der Waals surface area contributed by atoms with Gasteiger partial charge in [0.25, 0.3) is 10.0 Å². The molecule has 0 spiro atoms. The minimum Gasteiger partial charge on any atom is -0.435 e. The summed E-state index contributed by atoms with van der Waals surface area (Å²) in [5.74, 6) is -0.861. The van der Waals surface area contributed by atoms with E-state index in [1.54, 1.807) is 6.07 Å². The van der Waals surface area contributed by atoms with E-state index >= 15 is 0 Å². The number of aromatic amines is 1. The second kappa shape index (κ2) is 7.91. The number of hydrogen-bond donors (Lipinski definition) is 2. The lowest BCUT2D eigenvalue weighted by atomic mass is 10.1. The maximum absolute atomic E-state index is 14.8. The standard InChI is InChI=1S/C20H15F3N4O3S/c1-11-8-16-18(24-10-25-19(16)26-11)15-7-2-12(9-17(15)21)27-31(28,29)14-5-3-13(4-6-14)30-20(22)23/h2-10,20,27H,1H3,(H,24,25,26). The van der Waals surface area contributed by atoms with Crippen molar-refractivity contribution in [1.29, 1.82) is 0 Å². The molecular weight excluding hydrogens is 433 g/mol. The van der Waals surface area contributed by atoms with Gasteiger partial charge in [-0.2, -0.15) is 8.78 Å². The van der Waals surface area contributed by atoms with Crippen molar-refractivity contribution in [1.82, 2.24) is 15.0 Å². The Balaban J connectivity index is 1.60. The molecule has 0 atom stereocenters. The molecule has 0 unspecified atom stereocenters. The SMILES string of the molecule is Cc1cc2c(-c3ccc(NS(=O)(=O)c4ccc(OC(F)F)cc4)cc3F)ncnc2[nH]1. The summed E-state index contributed by atoms with van der Waals surface area (Å²) in [7, 11) is -4.07. The largest absolute Gasteiger partial charge is 0.435 e. The fourth-order valence-electron chi connectivity index (χ4n) is 3.07. The summed E-state index contributed by atoms with van der Waals surface area (Å²) in [6.45, 7) is -1.18. The highest BCUT2D eigenvalue weighted by molar-refractivity contribution is 7.92. The number of H-pyrrole nitrogens is 1. The van der Waals surface area contributed by atoms with Crippen molar-refractivity contribution in [2.75, 3.05) is 4.72 Å². The molecule has 31 heavy (non-hydrogen) atoms. The number of aromatic nitrogens is 3. The molecule has 7 nitrogen and oxygen atoms in total. The van der Waals surface area contributed by atoms with E-state index in [0.717, 1.165) is 36.0 Å². The van der Waals surface area contributed by atoms with Crippen molar-refractivity contribution in [2.45, 2.75) is 18.4 Å². The van der Waals surface area contributed by atoms with Gasteiger partial charge in [-0.05, 0) is 55.5 Å². The number of hydrogen-bond acceptors (Lipinski definition) is 5. The second-order valence-corrected chi connectivity index (χ2v) is 8.27. The molecule has 0 bridgehead atoms. The molecular formula is C20H15F3N4O3S. The summed E-state index contributed by atoms with van der Waals surface area (Å²) in [4.78, 5) is 11.1. The molecule has 2 heterocycles. The predicted octanol–water partition coefficient (Wildman–Crippen LogP) is 4.47. The van der Waals surface area contributed by atoms with Crippen LogP contribution >= 0.6 is 0 Å². The van der Waals surface area contributed by atoms with Crippen LogP contribution in [0.3, 0.4) is 0 Å². The van der Waals surface area contributed by atoms with Gasteiger partial charge < -0.3 is 9.72 Å². The highest BCUT2D eigenvalue weighted by Gasteiger charge is 2.18. The summed E-state index contributed by atoms with van der Waals surface area (Å²) in [5.41, 5.74) is 1.95. The van der Waals surface area contributed by atoms with Crippen LogP contribution in [-0.2, 0) is 10.0 Å². The molecule has 0 saturated carbocycles. The van der Waals surface area contributed by atoms with Crippen LogP contribution in [0.2, 0.25) is 0 Å². The summed E-state index contributed by atoms with van der Waals surface area (Å²) in [6.07, 6.45) is 1.31. The third-order valence-electron chi connectivity index (χ3n) is 4.40. The van der Waals surface area contributed by atoms with Gasteiger partial charge in [0.2, 0.25) is 0 Å². The van der Waals surface area contributed by atoms with Crippen molar-refractivity contribution < 1.29 is 26.3 Å². The number of halogens is 3. The van der Waals surface area contributed by atoms with Crippen LogP contribution in [0.15, 0.2) is 59.8 Å². The smallest absolute Gasteiger partial charge is 0.387 e. The molecule has 0 amide bonds. The maximum atomic E-state index is 14.8. The molecule has 0 fully saturated rings. The van der Waals surface area contributed by atoms with Gasteiger partial charge in [0, 0.05) is 16.6 Å². The molecule has 4 aromatic rings. The molecule has 2 aromatic heterocycles. The monoisotopic (exact) mass is 448 g/mol. The number of ether oxygens (including phenoxy) is 1. The van der Waals surface area contributed by atoms with Gasteiger partial charge in [-0.25, -0.2) is 22.8 Å². The van der Waals surface area contributed by atoms with Crippen LogP contribution in [0.5, 0.6) is 5.75 Å². The molecule has 0 radical (unpaired) electrons. The van der Waals surface area contributed by atoms with E-state index in [2.05, 4.69) is 24.4 Å². The maximum Gasteiger partial charge on any atom is 0.387 e. The predicted molar refractivity (Wildman–Crippen MR) is 108 cm³/mol. The van der Waals surface area contributed by atoms with Crippen LogP contribution in [0.1, 0.15) is 5.69 Å². The lowest BCUT2D eigenvalue weighted by Gasteiger charge is -2.11. The van der Waals surface area contributed by atoms with Crippen LogP contribution in [0.4, 0.5) is 18.9 Å². The first-order valence-electron chi connectivity index (χ1n) is 8.91. The molecule has 2 aromatic carbocycles. The number of alkyl halides is 2. The molecule has 0 aliphatic heterocycles. The van der Waals surface area contributed by atoms with Crippen molar-refractivity contribution in [3.63, 3.8) is 0 Å².